The molecule has 0 N–H and O–H groups in total. The predicted octanol–water partition coefficient (Wildman–Crippen LogP) is 3.25. The van der Waals surface area contributed by atoms with E-state index in [4.69, 9.17) is 28.0 Å². The molecular formula is C19H30N2O6. The summed E-state index contributed by atoms with van der Waals surface area (Å²) in [5.41, 5.74) is 1.72. The smallest absolute Gasteiger partial charge is 0.165 e. The molecule has 8 nitrogen and oxygen atoms in total. The highest BCUT2D eigenvalue weighted by atomic mass is 16.5. The lowest BCUT2D eigenvalue weighted by Crippen LogP contribution is -2.08. The molecule has 2 aromatic heterocycles. The van der Waals surface area contributed by atoms with Crippen molar-refractivity contribution in [3.8, 4) is 0 Å². The number of aromatic nitrogens is 2. The van der Waals surface area contributed by atoms with E-state index in [0.717, 1.165) is 36.4 Å². The number of hydrogen-bond acceptors (Lipinski definition) is 8. The monoisotopic (exact) mass is 382 g/mol. The second-order valence-electron chi connectivity index (χ2n) is 6.28. The van der Waals surface area contributed by atoms with E-state index in [9.17, 15) is 0 Å². The van der Waals surface area contributed by atoms with Crippen molar-refractivity contribution in [3.05, 3.63) is 35.0 Å². The van der Waals surface area contributed by atoms with Crippen molar-refractivity contribution in [1.82, 2.24) is 10.3 Å². The van der Waals surface area contributed by atoms with Crippen molar-refractivity contribution >= 4 is 0 Å². The molecule has 0 aromatic carbocycles. The molecule has 1 atom stereocenters. The SMILES string of the molecule is COCCCOCc1cc([C@H](C)OCCOCCCc2cc(C)on2)on1. The minimum absolute atomic E-state index is 0.179. The maximum Gasteiger partial charge on any atom is 0.165 e. The van der Waals surface area contributed by atoms with E-state index in [0.29, 0.717) is 45.4 Å². The first-order valence-electron chi connectivity index (χ1n) is 9.32. The molecule has 2 aromatic rings. The van der Waals surface area contributed by atoms with Crippen LogP contribution in [0.1, 0.15) is 48.8 Å². The molecule has 0 aliphatic rings. The third-order valence-corrected chi connectivity index (χ3v) is 3.86. The van der Waals surface area contributed by atoms with Gasteiger partial charge in [0.1, 0.15) is 17.6 Å². The highest BCUT2D eigenvalue weighted by Crippen LogP contribution is 2.18. The average molecular weight is 382 g/mol. The van der Waals surface area contributed by atoms with Gasteiger partial charge in [-0.25, -0.2) is 0 Å². The zero-order chi connectivity index (χ0) is 19.3. The van der Waals surface area contributed by atoms with Crippen LogP contribution in [0.4, 0.5) is 0 Å². The normalized spacial score (nSPS) is 12.6. The number of ether oxygens (including phenoxy) is 4. The predicted molar refractivity (Wildman–Crippen MR) is 97.4 cm³/mol. The van der Waals surface area contributed by atoms with Crippen LogP contribution in [0, 0.1) is 6.92 Å². The van der Waals surface area contributed by atoms with Crippen molar-refractivity contribution in [2.24, 2.45) is 0 Å². The van der Waals surface area contributed by atoms with Crippen LogP contribution in [-0.2, 0) is 32.0 Å². The van der Waals surface area contributed by atoms with E-state index < -0.39 is 0 Å². The van der Waals surface area contributed by atoms with E-state index in [-0.39, 0.29) is 6.10 Å². The summed E-state index contributed by atoms with van der Waals surface area (Å²) in [7, 11) is 1.68. The molecule has 0 spiro atoms. The molecule has 0 aliphatic heterocycles. The fourth-order valence-corrected chi connectivity index (χ4v) is 2.43. The van der Waals surface area contributed by atoms with Crippen molar-refractivity contribution in [2.45, 2.75) is 45.8 Å². The number of hydrogen-bond donors (Lipinski definition) is 0. The molecule has 0 amide bonds. The van der Waals surface area contributed by atoms with Crippen molar-refractivity contribution in [2.75, 3.05) is 40.1 Å². The van der Waals surface area contributed by atoms with Gasteiger partial charge in [-0.1, -0.05) is 10.3 Å². The summed E-state index contributed by atoms with van der Waals surface area (Å²) in [6.45, 7) is 7.26. The summed E-state index contributed by atoms with van der Waals surface area (Å²) >= 11 is 0. The highest BCUT2D eigenvalue weighted by Gasteiger charge is 2.13. The number of nitrogens with zero attached hydrogens (tertiary/aromatic N) is 2. The summed E-state index contributed by atoms with van der Waals surface area (Å²) in [6, 6.07) is 3.81. The lowest BCUT2D eigenvalue weighted by atomic mass is 10.2. The number of rotatable bonds is 15. The Kier molecular flexibility index (Phi) is 10.1. The molecule has 0 fully saturated rings. The Hall–Kier alpha value is -1.74. The van der Waals surface area contributed by atoms with Crippen LogP contribution in [0.3, 0.4) is 0 Å². The van der Waals surface area contributed by atoms with Gasteiger partial charge in [0.25, 0.3) is 0 Å². The van der Waals surface area contributed by atoms with E-state index in [1.54, 1.807) is 7.11 Å². The van der Waals surface area contributed by atoms with Gasteiger partial charge in [0, 0.05) is 39.1 Å². The Morgan fingerprint density at radius 1 is 0.926 bits per heavy atom. The summed E-state index contributed by atoms with van der Waals surface area (Å²) in [6.07, 6.45) is 2.43. The number of aryl methyl sites for hydroxylation is 2. The van der Waals surface area contributed by atoms with E-state index in [1.807, 2.05) is 26.0 Å². The molecule has 2 rings (SSSR count). The van der Waals surface area contributed by atoms with Gasteiger partial charge >= 0.3 is 0 Å². The van der Waals surface area contributed by atoms with Gasteiger partial charge in [-0.2, -0.15) is 0 Å². The molecule has 0 bridgehead atoms. The fraction of sp³-hybridized carbons (Fsp3) is 0.684. The van der Waals surface area contributed by atoms with Crippen LogP contribution in [0.5, 0.6) is 0 Å². The van der Waals surface area contributed by atoms with Gasteiger partial charge in [0.05, 0.1) is 25.5 Å². The zero-order valence-corrected chi connectivity index (χ0v) is 16.4. The van der Waals surface area contributed by atoms with Crippen molar-refractivity contribution in [3.63, 3.8) is 0 Å². The van der Waals surface area contributed by atoms with E-state index in [2.05, 4.69) is 10.3 Å². The molecule has 2 heterocycles. The minimum Gasteiger partial charge on any atom is -0.385 e. The third-order valence-electron chi connectivity index (χ3n) is 3.86. The fourth-order valence-electron chi connectivity index (χ4n) is 2.43. The summed E-state index contributed by atoms with van der Waals surface area (Å²) < 4.78 is 32.1. The van der Waals surface area contributed by atoms with Gasteiger partial charge in [-0.05, 0) is 33.1 Å². The van der Waals surface area contributed by atoms with Crippen molar-refractivity contribution in [1.29, 1.82) is 0 Å². The maximum absolute atomic E-state index is 5.72. The standard InChI is InChI=1S/C19H30N2O6/c1-15-12-17(20-26-15)6-4-8-23-10-11-25-16(2)19-13-18(21-27-19)14-24-9-5-7-22-3/h12-13,16H,4-11,14H2,1-3H3/t16-/m0/s1. The maximum atomic E-state index is 5.72. The Morgan fingerprint density at radius 3 is 2.52 bits per heavy atom. The van der Waals surface area contributed by atoms with Crippen LogP contribution < -0.4 is 0 Å². The van der Waals surface area contributed by atoms with Gasteiger partial charge < -0.3 is 28.0 Å². The second-order valence-corrected chi connectivity index (χ2v) is 6.28. The molecule has 0 saturated carbocycles. The molecular weight excluding hydrogens is 352 g/mol. The van der Waals surface area contributed by atoms with Crippen LogP contribution in [-0.4, -0.2) is 50.5 Å². The van der Waals surface area contributed by atoms with E-state index >= 15 is 0 Å². The molecule has 152 valence electrons. The Morgan fingerprint density at radius 2 is 1.74 bits per heavy atom. The highest BCUT2D eigenvalue weighted by molar-refractivity contribution is 5.06. The minimum atomic E-state index is -0.179. The quantitative estimate of drug-likeness (QED) is 0.434. The zero-order valence-electron chi connectivity index (χ0n) is 16.4. The Balaban J connectivity index is 1.50. The molecule has 8 heteroatoms. The molecule has 0 aliphatic carbocycles. The topological polar surface area (TPSA) is 89.0 Å². The second kappa shape index (κ2) is 12.6. The summed E-state index contributed by atoms with van der Waals surface area (Å²) in [5, 5.41) is 7.95. The molecule has 0 radical (unpaired) electrons. The van der Waals surface area contributed by atoms with Gasteiger partial charge in [0.2, 0.25) is 0 Å². The first-order valence-corrected chi connectivity index (χ1v) is 9.32. The van der Waals surface area contributed by atoms with Crippen LogP contribution >= 0.6 is 0 Å². The largest absolute Gasteiger partial charge is 0.385 e. The van der Waals surface area contributed by atoms with Gasteiger partial charge in [-0.15, -0.1) is 0 Å². The summed E-state index contributed by atoms with van der Waals surface area (Å²) in [5.74, 6) is 1.52. The Bertz CT molecular complexity index is 627. The lowest BCUT2D eigenvalue weighted by molar-refractivity contribution is 0.000638. The van der Waals surface area contributed by atoms with Crippen LogP contribution in [0.25, 0.3) is 0 Å². The third kappa shape index (κ3) is 8.66. The number of methoxy groups -OCH3 is 1. The molecule has 27 heavy (non-hydrogen) atoms. The Labute approximate surface area is 160 Å². The van der Waals surface area contributed by atoms with E-state index in [1.165, 1.54) is 0 Å². The molecule has 0 saturated heterocycles. The first-order chi connectivity index (χ1) is 13.2. The first kappa shape index (κ1) is 21.6. The van der Waals surface area contributed by atoms with Crippen LogP contribution in [0.2, 0.25) is 0 Å². The van der Waals surface area contributed by atoms with Gasteiger partial charge in [-0.3, -0.25) is 0 Å². The van der Waals surface area contributed by atoms with Gasteiger partial charge in [0.15, 0.2) is 5.76 Å². The lowest BCUT2D eigenvalue weighted by Gasteiger charge is -2.09. The average Bonchev–Trinajstić information content (AvgIpc) is 3.29. The summed E-state index contributed by atoms with van der Waals surface area (Å²) in [4.78, 5) is 0. The molecule has 0 unspecified atom stereocenters. The van der Waals surface area contributed by atoms with Crippen molar-refractivity contribution < 1.29 is 28.0 Å². The van der Waals surface area contributed by atoms with Crippen LogP contribution in [0.15, 0.2) is 21.2 Å².